The highest BCUT2D eigenvalue weighted by Gasteiger charge is 2.33. The molecule has 7 nitrogen and oxygen atoms in total. The van der Waals surface area contributed by atoms with Crippen LogP contribution in [0.1, 0.15) is 55.2 Å². The van der Waals surface area contributed by atoms with Crippen LogP contribution in [0.15, 0.2) is 60.7 Å². The van der Waals surface area contributed by atoms with Crippen LogP contribution in [-0.4, -0.2) is 35.5 Å². The van der Waals surface area contributed by atoms with Gasteiger partial charge in [0.15, 0.2) is 0 Å². The predicted octanol–water partition coefficient (Wildman–Crippen LogP) is 6.04. The molecule has 1 fully saturated rings. The number of alkyl halides is 3. The second-order valence-electron chi connectivity index (χ2n) is 9.97. The molecule has 1 atom stereocenters. The van der Waals surface area contributed by atoms with E-state index in [1.807, 2.05) is 24.3 Å². The van der Waals surface area contributed by atoms with Crippen molar-refractivity contribution in [3.63, 3.8) is 0 Å². The summed E-state index contributed by atoms with van der Waals surface area (Å²) in [6.07, 6.45) is -1.71. The topological polar surface area (TPSA) is 91.0 Å². The lowest BCUT2D eigenvalue weighted by Crippen LogP contribution is -2.36. The third-order valence-corrected chi connectivity index (χ3v) is 7.15. The molecule has 4 N–H and O–H groups in total. The Morgan fingerprint density at radius 3 is 2.33 bits per heavy atom. The number of rotatable bonds is 10. The minimum absolute atomic E-state index is 0.0674. The van der Waals surface area contributed by atoms with Gasteiger partial charge in [0, 0.05) is 38.2 Å². The van der Waals surface area contributed by atoms with E-state index in [9.17, 15) is 18.0 Å². The third kappa shape index (κ3) is 7.84. The Kier molecular flexibility index (Phi) is 9.27. The van der Waals surface area contributed by atoms with Crippen molar-refractivity contribution in [2.24, 2.45) is 5.92 Å². The van der Waals surface area contributed by atoms with Crippen LogP contribution in [0.5, 0.6) is 0 Å². The van der Waals surface area contributed by atoms with Crippen LogP contribution in [0, 0.1) is 5.92 Å². The van der Waals surface area contributed by atoms with Gasteiger partial charge in [0.2, 0.25) is 11.9 Å². The molecular weight excluding hydrogens is 505 g/mol. The van der Waals surface area contributed by atoms with Crippen molar-refractivity contribution in [1.29, 1.82) is 0 Å². The molecule has 0 radical (unpaired) electrons. The Hall–Kier alpha value is -3.82. The Labute approximate surface area is 227 Å². The van der Waals surface area contributed by atoms with Crippen molar-refractivity contribution in [3.8, 4) is 0 Å². The fraction of sp³-hybridized carbons (Fsp3) is 0.414. The monoisotopic (exact) mass is 540 g/mol. The second kappa shape index (κ2) is 12.8. The number of halogens is 3. The maximum atomic E-state index is 13.2. The lowest BCUT2D eigenvalue weighted by molar-refractivity contribution is -0.138. The molecule has 0 spiro atoms. The zero-order valence-electron chi connectivity index (χ0n) is 22.2. The molecule has 1 aliphatic rings. The van der Waals surface area contributed by atoms with Crippen LogP contribution in [0.2, 0.25) is 0 Å². The quantitative estimate of drug-likeness (QED) is 0.251. The number of aromatic nitrogens is 2. The van der Waals surface area contributed by atoms with Gasteiger partial charge in [-0.25, -0.2) is 0 Å². The van der Waals surface area contributed by atoms with Crippen molar-refractivity contribution >= 4 is 23.5 Å². The minimum atomic E-state index is -4.45. The molecule has 1 heterocycles. The van der Waals surface area contributed by atoms with Gasteiger partial charge in [-0.15, -0.1) is 0 Å². The van der Waals surface area contributed by atoms with E-state index in [-0.39, 0.29) is 30.0 Å². The second-order valence-corrected chi connectivity index (χ2v) is 9.97. The number of carbonyl (C=O) groups excluding carboxylic acids is 1. The SMILES string of the molecule is CNc1cc(NC[C@H](C)c2ccccc2)nc(NC2CCC(C(=O)NCc3ccccc3C(F)(F)F)CC2)n1. The van der Waals surface area contributed by atoms with E-state index in [4.69, 9.17) is 0 Å². The minimum Gasteiger partial charge on any atom is -0.373 e. The number of carbonyl (C=O) groups is 1. The van der Waals surface area contributed by atoms with Gasteiger partial charge in [-0.2, -0.15) is 23.1 Å². The highest BCUT2D eigenvalue weighted by Crippen LogP contribution is 2.32. The van der Waals surface area contributed by atoms with E-state index in [1.165, 1.54) is 17.7 Å². The Bertz CT molecular complexity index is 1230. The van der Waals surface area contributed by atoms with Crippen LogP contribution < -0.4 is 21.3 Å². The summed E-state index contributed by atoms with van der Waals surface area (Å²) in [5.74, 6) is 1.77. The number of anilines is 3. The first-order chi connectivity index (χ1) is 18.7. The largest absolute Gasteiger partial charge is 0.416 e. The predicted molar refractivity (Wildman–Crippen MR) is 148 cm³/mol. The summed E-state index contributed by atoms with van der Waals surface area (Å²) in [4.78, 5) is 21.9. The zero-order valence-corrected chi connectivity index (χ0v) is 22.2. The lowest BCUT2D eigenvalue weighted by Gasteiger charge is -2.28. The molecular formula is C29H35F3N6O. The number of hydrogen-bond acceptors (Lipinski definition) is 6. The molecule has 0 saturated heterocycles. The lowest BCUT2D eigenvalue weighted by atomic mass is 9.85. The number of hydrogen-bond donors (Lipinski definition) is 4. The van der Waals surface area contributed by atoms with E-state index in [0.29, 0.717) is 36.3 Å². The maximum Gasteiger partial charge on any atom is 0.416 e. The maximum absolute atomic E-state index is 13.2. The molecule has 0 aliphatic heterocycles. The Morgan fingerprint density at radius 2 is 1.64 bits per heavy atom. The molecule has 10 heteroatoms. The summed E-state index contributed by atoms with van der Waals surface area (Å²) in [5.41, 5.74) is 0.597. The molecule has 39 heavy (non-hydrogen) atoms. The van der Waals surface area contributed by atoms with Gasteiger partial charge in [-0.1, -0.05) is 55.5 Å². The van der Waals surface area contributed by atoms with Crippen molar-refractivity contribution in [1.82, 2.24) is 15.3 Å². The molecule has 1 saturated carbocycles. The molecule has 1 aliphatic carbocycles. The Balaban J connectivity index is 1.28. The van der Waals surface area contributed by atoms with Gasteiger partial charge in [0.25, 0.3) is 0 Å². The molecule has 0 unspecified atom stereocenters. The summed E-state index contributed by atoms with van der Waals surface area (Å²) >= 11 is 0. The van der Waals surface area contributed by atoms with E-state index in [1.54, 1.807) is 13.1 Å². The van der Waals surface area contributed by atoms with Crippen LogP contribution in [0.3, 0.4) is 0 Å². The van der Waals surface area contributed by atoms with Crippen molar-refractivity contribution in [2.45, 2.75) is 57.3 Å². The standard InChI is InChI=1S/C29H35F3N6O/c1-19(20-8-4-3-5-9-20)17-34-26-16-25(33-2)37-28(38-26)36-23-14-12-21(13-15-23)27(39)35-18-22-10-6-7-11-24(22)29(30,31)32/h3-11,16,19,21,23H,12-15,17-18H2,1-2H3,(H,35,39)(H3,33,34,36,37,38)/t19-,21?,23?/m0/s1. The summed E-state index contributed by atoms with van der Waals surface area (Å²) in [6, 6.07) is 17.6. The number of nitrogens with zero attached hydrogens (tertiary/aromatic N) is 2. The fourth-order valence-corrected chi connectivity index (χ4v) is 4.85. The Morgan fingerprint density at radius 1 is 0.974 bits per heavy atom. The average molecular weight is 541 g/mol. The molecule has 4 rings (SSSR count). The van der Waals surface area contributed by atoms with Gasteiger partial charge in [-0.05, 0) is 48.8 Å². The van der Waals surface area contributed by atoms with Gasteiger partial charge in [-0.3, -0.25) is 4.79 Å². The number of benzene rings is 2. The van der Waals surface area contributed by atoms with Crippen molar-refractivity contribution < 1.29 is 18.0 Å². The normalized spacial score (nSPS) is 18.2. The first-order valence-corrected chi connectivity index (χ1v) is 13.3. The van der Waals surface area contributed by atoms with E-state index in [2.05, 4.69) is 50.3 Å². The summed E-state index contributed by atoms with van der Waals surface area (Å²) in [5, 5.41) is 12.6. The van der Waals surface area contributed by atoms with E-state index < -0.39 is 11.7 Å². The smallest absolute Gasteiger partial charge is 0.373 e. The molecule has 0 bridgehead atoms. The molecule has 1 amide bonds. The average Bonchev–Trinajstić information content (AvgIpc) is 2.95. The van der Waals surface area contributed by atoms with Crippen molar-refractivity contribution in [3.05, 3.63) is 77.4 Å². The van der Waals surface area contributed by atoms with Gasteiger partial charge < -0.3 is 21.3 Å². The molecule has 3 aromatic rings. The van der Waals surface area contributed by atoms with Crippen LogP contribution in [0.25, 0.3) is 0 Å². The first kappa shape index (κ1) is 28.2. The third-order valence-electron chi connectivity index (χ3n) is 7.15. The van der Waals surface area contributed by atoms with Crippen LogP contribution >= 0.6 is 0 Å². The van der Waals surface area contributed by atoms with Gasteiger partial charge >= 0.3 is 6.18 Å². The molecule has 2 aromatic carbocycles. The van der Waals surface area contributed by atoms with E-state index >= 15 is 0 Å². The van der Waals surface area contributed by atoms with Crippen molar-refractivity contribution in [2.75, 3.05) is 29.5 Å². The zero-order chi connectivity index (χ0) is 27.8. The van der Waals surface area contributed by atoms with Crippen LogP contribution in [0.4, 0.5) is 30.8 Å². The highest BCUT2D eigenvalue weighted by atomic mass is 19.4. The molecule has 1 aromatic heterocycles. The summed E-state index contributed by atoms with van der Waals surface area (Å²) in [7, 11) is 1.80. The summed E-state index contributed by atoms with van der Waals surface area (Å²) < 4.78 is 39.7. The van der Waals surface area contributed by atoms with Gasteiger partial charge in [0.05, 0.1) is 5.56 Å². The number of amides is 1. The summed E-state index contributed by atoms with van der Waals surface area (Å²) in [6.45, 7) is 2.73. The first-order valence-electron chi connectivity index (χ1n) is 13.3. The molecule has 208 valence electrons. The number of nitrogens with one attached hydrogen (secondary N) is 4. The highest BCUT2D eigenvalue weighted by molar-refractivity contribution is 5.78. The van der Waals surface area contributed by atoms with Gasteiger partial charge in [0.1, 0.15) is 11.6 Å². The van der Waals surface area contributed by atoms with Crippen LogP contribution in [-0.2, 0) is 17.5 Å². The van der Waals surface area contributed by atoms with E-state index in [0.717, 1.165) is 25.5 Å². The fourth-order valence-electron chi connectivity index (χ4n) is 4.85.